The molecular weight excluding hydrogens is 480 g/mol. The summed E-state index contributed by atoms with van der Waals surface area (Å²) in [6, 6.07) is 26.4. The standard InChI is InChI=1S/C30H34N4O4/c31-28(32)24-14-12-21(13-15-24)19-33-29(38)30(16-7-17-34(30)20-26(36)37)18-25(35)27(22-8-3-1-4-9-22)23-10-5-2-6-11-23/h1-6,8-15,25,27,35H,7,16-20H2,(H3,31,32)(H,33,38)(H,36,37)/t25?,30-/m1/s1. The van der Waals surface area contributed by atoms with Crippen LogP contribution in [0.25, 0.3) is 0 Å². The number of nitrogen functional groups attached to an aromatic ring is 1. The smallest absolute Gasteiger partial charge is 0.317 e. The van der Waals surface area contributed by atoms with E-state index in [1.54, 1.807) is 29.2 Å². The van der Waals surface area contributed by atoms with Gasteiger partial charge < -0.3 is 21.3 Å². The summed E-state index contributed by atoms with van der Waals surface area (Å²) in [5, 5.41) is 31.9. The Kier molecular flexibility index (Phi) is 8.55. The lowest BCUT2D eigenvalue weighted by atomic mass is 9.78. The van der Waals surface area contributed by atoms with Gasteiger partial charge in [-0.2, -0.15) is 0 Å². The SMILES string of the molecule is N=C(N)c1ccc(CNC(=O)[C@]2(CC(O)C(c3ccccc3)c3ccccc3)CCCN2CC(=O)O)cc1. The monoisotopic (exact) mass is 514 g/mol. The fourth-order valence-corrected chi connectivity index (χ4v) is 5.48. The highest BCUT2D eigenvalue weighted by Gasteiger charge is 2.50. The molecule has 1 aliphatic rings. The maximum atomic E-state index is 13.8. The molecule has 1 unspecified atom stereocenters. The molecule has 0 aliphatic carbocycles. The number of nitrogens with zero attached hydrogens (tertiary/aromatic N) is 1. The van der Waals surface area contributed by atoms with Gasteiger partial charge in [-0.05, 0) is 36.1 Å². The third kappa shape index (κ3) is 6.10. The molecule has 0 spiro atoms. The highest BCUT2D eigenvalue weighted by atomic mass is 16.4. The maximum Gasteiger partial charge on any atom is 0.317 e. The Morgan fingerprint density at radius 1 is 0.974 bits per heavy atom. The molecule has 6 N–H and O–H groups in total. The molecule has 0 aromatic heterocycles. The van der Waals surface area contributed by atoms with Crippen molar-refractivity contribution in [2.24, 2.45) is 5.73 Å². The molecule has 2 atom stereocenters. The predicted octanol–water partition coefficient (Wildman–Crippen LogP) is 3.09. The second-order valence-electron chi connectivity index (χ2n) is 9.81. The van der Waals surface area contributed by atoms with Crippen LogP contribution in [0.5, 0.6) is 0 Å². The fourth-order valence-electron chi connectivity index (χ4n) is 5.48. The van der Waals surface area contributed by atoms with Crippen LogP contribution in [-0.2, 0) is 16.1 Å². The van der Waals surface area contributed by atoms with E-state index in [0.717, 1.165) is 16.7 Å². The quantitative estimate of drug-likeness (QED) is 0.197. The van der Waals surface area contributed by atoms with Crippen molar-refractivity contribution in [1.82, 2.24) is 10.2 Å². The summed E-state index contributed by atoms with van der Waals surface area (Å²) >= 11 is 0. The first-order chi connectivity index (χ1) is 18.3. The van der Waals surface area contributed by atoms with E-state index in [1.165, 1.54) is 0 Å². The van der Waals surface area contributed by atoms with E-state index in [2.05, 4.69) is 5.32 Å². The molecular formula is C30H34N4O4. The highest BCUT2D eigenvalue weighted by molar-refractivity contribution is 5.94. The summed E-state index contributed by atoms with van der Waals surface area (Å²) in [7, 11) is 0. The summed E-state index contributed by atoms with van der Waals surface area (Å²) in [5.74, 6) is -1.73. The molecule has 0 radical (unpaired) electrons. The van der Waals surface area contributed by atoms with Crippen LogP contribution in [0, 0.1) is 5.41 Å². The first-order valence-corrected chi connectivity index (χ1v) is 12.8. The Bertz CT molecular complexity index is 1210. The Morgan fingerprint density at radius 3 is 2.08 bits per heavy atom. The molecule has 8 heteroatoms. The average molecular weight is 515 g/mol. The van der Waals surface area contributed by atoms with Crippen LogP contribution < -0.4 is 11.1 Å². The van der Waals surface area contributed by atoms with Crippen LogP contribution in [-0.4, -0.2) is 57.6 Å². The molecule has 8 nitrogen and oxygen atoms in total. The molecule has 0 saturated carbocycles. The van der Waals surface area contributed by atoms with Crippen molar-refractivity contribution in [2.75, 3.05) is 13.1 Å². The summed E-state index contributed by atoms with van der Waals surface area (Å²) in [6.07, 6.45) is 0.254. The number of hydrogen-bond donors (Lipinski definition) is 5. The summed E-state index contributed by atoms with van der Waals surface area (Å²) in [6.45, 7) is 0.409. The zero-order chi connectivity index (χ0) is 27.1. The number of nitrogens with one attached hydrogen (secondary N) is 2. The fraction of sp³-hybridized carbons (Fsp3) is 0.300. The minimum atomic E-state index is -1.17. The van der Waals surface area contributed by atoms with Crippen molar-refractivity contribution in [3.63, 3.8) is 0 Å². The predicted molar refractivity (Wildman–Crippen MR) is 146 cm³/mol. The number of carbonyl (C=O) groups is 2. The minimum absolute atomic E-state index is 0.0322. The average Bonchev–Trinajstić information content (AvgIpc) is 3.31. The molecule has 4 rings (SSSR count). The van der Waals surface area contributed by atoms with Crippen LogP contribution >= 0.6 is 0 Å². The number of amidine groups is 1. The number of carbonyl (C=O) groups excluding carboxylic acids is 1. The van der Waals surface area contributed by atoms with E-state index in [1.807, 2.05) is 60.7 Å². The van der Waals surface area contributed by atoms with Crippen LogP contribution in [0.15, 0.2) is 84.9 Å². The third-order valence-electron chi connectivity index (χ3n) is 7.34. The second-order valence-corrected chi connectivity index (χ2v) is 9.81. The molecule has 1 heterocycles. The maximum absolute atomic E-state index is 13.8. The van der Waals surface area contributed by atoms with Gasteiger partial charge >= 0.3 is 5.97 Å². The second kappa shape index (κ2) is 12.0. The summed E-state index contributed by atoms with van der Waals surface area (Å²) in [5.41, 5.74) is 7.64. The van der Waals surface area contributed by atoms with E-state index in [-0.39, 0.29) is 37.2 Å². The number of amides is 1. The van der Waals surface area contributed by atoms with E-state index < -0.39 is 17.6 Å². The molecule has 38 heavy (non-hydrogen) atoms. The number of aliphatic hydroxyl groups excluding tert-OH is 1. The molecule has 198 valence electrons. The van der Waals surface area contributed by atoms with Crippen molar-refractivity contribution in [3.05, 3.63) is 107 Å². The number of aliphatic hydroxyl groups is 1. The van der Waals surface area contributed by atoms with Crippen LogP contribution in [0.2, 0.25) is 0 Å². The van der Waals surface area contributed by atoms with Crippen molar-refractivity contribution in [3.8, 4) is 0 Å². The van der Waals surface area contributed by atoms with Crippen molar-refractivity contribution < 1.29 is 19.8 Å². The van der Waals surface area contributed by atoms with Gasteiger partial charge in [0, 0.05) is 24.4 Å². The number of nitrogens with two attached hydrogens (primary N) is 1. The molecule has 1 amide bonds. The first kappa shape index (κ1) is 27.0. The van der Waals surface area contributed by atoms with Gasteiger partial charge in [0.2, 0.25) is 5.91 Å². The Balaban J connectivity index is 1.62. The lowest BCUT2D eigenvalue weighted by Crippen LogP contribution is -2.58. The molecule has 3 aromatic carbocycles. The van der Waals surface area contributed by atoms with E-state index in [4.69, 9.17) is 11.1 Å². The first-order valence-electron chi connectivity index (χ1n) is 12.8. The van der Waals surface area contributed by atoms with Gasteiger partial charge in [-0.3, -0.25) is 19.9 Å². The molecule has 1 fully saturated rings. The van der Waals surface area contributed by atoms with Gasteiger partial charge in [0.1, 0.15) is 11.4 Å². The number of hydrogen-bond acceptors (Lipinski definition) is 5. The lowest BCUT2D eigenvalue weighted by Gasteiger charge is -2.39. The number of carboxylic acids is 1. The minimum Gasteiger partial charge on any atom is -0.480 e. The number of carboxylic acid groups (broad SMARTS) is 1. The Labute approximate surface area is 222 Å². The van der Waals surface area contributed by atoms with Crippen LogP contribution in [0.4, 0.5) is 0 Å². The number of aliphatic carboxylic acids is 1. The van der Waals surface area contributed by atoms with Gasteiger partial charge in [0.25, 0.3) is 0 Å². The number of benzene rings is 3. The Morgan fingerprint density at radius 2 is 1.55 bits per heavy atom. The molecule has 0 bridgehead atoms. The number of likely N-dealkylation sites (tertiary alicyclic amines) is 1. The summed E-state index contributed by atoms with van der Waals surface area (Å²) in [4.78, 5) is 27.3. The lowest BCUT2D eigenvalue weighted by molar-refractivity contribution is -0.143. The van der Waals surface area contributed by atoms with Gasteiger partial charge in [0.05, 0.1) is 12.6 Å². The van der Waals surface area contributed by atoms with Crippen molar-refractivity contribution >= 4 is 17.7 Å². The van der Waals surface area contributed by atoms with E-state index in [0.29, 0.717) is 24.9 Å². The van der Waals surface area contributed by atoms with Gasteiger partial charge in [-0.25, -0.2) is 0 Å². The molecule has 1 saturated heterocycles. The Hall–Kier alpha value is -4.01. The van der Waals surface area contributed by atoms with Gasteiger partial charge in [-0.1, -0.05) is 84.9 Å². The normalized spacial score (nSPS) is 18.3. The topological polar surface area (TPSA) is 140 Å². The van der Waals surface area contributed by atoms with Crippen molar-refractivity contribution in [2.45, 2.75) is 43.4 Å². The van der Waals surface area contributed by atoms with E-state index in [9.17, 15) is 19.8 Å². The largest absolute Gasteiger partial charge is 0.480 e. The molecule has 1 aliphatic heterocycles. The zero-order valence-electron chi connectivity index (χ0n) is 21.2. The van der Waals surface area contributed by atoms with Crippen LogP contribution in [0.3, 0.4) is 0 Å². The summed E-state index contributed by atoms with van der Waals surface area (Å²) < 4.78 is 0. The third-order valence-corrected chi connectivity index (χ3v) is 7.34. The van der Waals surface area contributed by atoms with E-state index >= 15 is 0 Å². The highest BCUT2D eigenvalue weighted by Crippen LogP contribution is 2.39. The number of rotatable bonds is 11. The van der Waals surface area contributed by atoms with Crippen LogP contribution in [0.1, 0.15) is 47.4 Å². The van der Waals surface area contributed by atoms with Gasteiger partial charge in [-0.15, -0.1) is 0 Å². The van der Waals surface area contributed by atoms with Crippen molar-refractivity contribution in [1.29, 1.82) is 5.41 Å². The van der Waals surface area contributed by atoms with Gasteiger partial charge in [0.15, 0.2) is 0 Å². The zero-order valence-corrected chi connectivity index (χ0v) is 21.2. The molecule has 3 aromatic rings.